The van der Waals surface area contributed by atoms with Crippen LogP contribution in [0.3, 0.4) is 0 Å². The fraction of sp³-hybridized carbons (Fsp3) is 0.538. The van der Waals surface area contributed by atoms with Gasteiger partial charge in [-0.3, -0.25) is 0 Å². The Balaban J connectivity index is 0.00000200. The Hall–Kier alpha value is -0.850. The van der Waals surface area contributed by atoms with E-state index in [0.29, 0.717) is 5.56 Å². The van der Waals surface area contributed by atoms with Gasteiger partial charge in [0.15, 0.2) is 0 Å². The van der Waals surface area contributed by atoms with E-state index in [-0.39, 0.29) is 18.3 Å². The summed E-state index contributed by atoms with van der Waals surface area (Å²) >= 11 is 0. The number of rotatable bonds is 2. The van der Waals surface area contributed by atoms with Gasteiger partial charge >= 0.3 is 6.18 Å². The van der Waals surface area contributed by atoms with E-state index < -0.39 is 23.6 Å². The first-order valence-electron chi connectivity index (χ1n) is 6.22. The van der Waals surface area contributed by atoms with Gasteiger partial charge in [0.25, 0.3) is 0 Å². The van der Waals surface area contributed by atoms with Gasteiger partial charge in [-0.1, -0.05) is 6.07 Å². The topological polar surface area (TPSA) is 38.0 Å². The van der Waals surface area contributed by atoms with E-state index in [2.05, 4.69) is 5.32 Å². The van der Waals surface area contributed by atoms with Gasteiger partial charge in [-0.15, -0.1) is 12.4 Å². The van der Waals surface area contributed by atoms with Crippen molar-refractivity contribution >= 4 is 12.4 Å². The average molecular weight is 313 g/mol. The summed E-state index contributed by atoms with van der Waals surface area (Å²) in [6, 6.07) is 2.54. The summed E-state index contributed by atoms with van der Waals surface area (Å²) in [6.45, 7) is 1.62. The first-order valence-corrected chi connectivity index (χ1v) is 6.22. The number of nitrogens with two attached hydrogens (primary N) is 1. The molecule has 1 aliphatic heterocycles. The van der Waals surface area contributed by atoms with Gasteiger partial charge in [0, 0.05) is 6.04 Å². The molecule has 1 aromatic carbocycles. The molecule has 2 rings (SSSR count). The second-order valence-electron chi connectivity index (χ2n) is 4.85. The van der Waals surface area contributed by atoms with Gasteiger partial charge in [-0.25, -0.2) is 4.39 Å². The summed E-state index contributed by atoms with van der Waals surface area (Å²) in [5, 5.41) is 3.17. The molecular weight excluding hydrogens is 296 g/mol. The summed E-state index contributed by atoms with van der Waals surface area (Å²) in [7, 11) is 0. The zero-order valence-electron chi connectivity index (χ0n) is 10.7. The third kappa shape index (κ3) is 3.84. The van der Waals surface area contributed by atoms with Crippen molar-refractivity contribution in [2.24, 2.45) is 11.7 Å². The van der Waals surface area contributed by atoms with E-state index >= 15 is 0 Å². The first-order chi connectivity index (χ1) is 8.89. The predicted molar refractivity (Wildman–Crippen MR) is 71.2 cm³/mol. The number of alkyl halides is 3. The molecule has 0 unspecified atom stereocenters. The van der Waals surface area contributed by atoms with Crippen molar-refractivity contribution in [3.8, 4) is 0 Å². The highest BCUT2D eigenvalue weighted by Crippen LogP contribution is 2.34. The van der Waals surface area contributed by atoms with Gasteiger partial charge in [0.1, 0.15) is 5.82 Å². The summed E-state index contributed by atoms with van der Waals surface area (Å²) in [6.07, 6.45) is -3.05. The zero-order valence-corrected chi connectivity index (χ0v) is 11.5. The largest absolute Gasteiger partial charge is 0.419 e. The fourth-order valence-electron chi connectivity index (χ4n) is 2.44. The molecule has 0 radical (unpaired) electrons. The summed E-state index contributed by atoms with van der Waals surface area (Å²) in [5.41, 5.74) is 5.12. The highest BCUT2D eigenvalue weighted by atomic mass is 35.5. The molecule has 0 amide bonds. The minimum Gasteiger partial charge on any atom is -0.324 e. The number of nitrogens with one attached hydrogen (secondary N) is 1. The quantitative estimate of drug-likeness (QED) is 0.823. The smallest absolute Gasteiger partial charge is 0.324 e. The highest BCUT2D eigenvalue weighted by molar-refractivity contribution is 5.85. The molecule has 1 saturated heterocycles. The van der Waals surface area contributed by atoms with Gasteiger partial charge in [0.05, 0.1) is 5.56 Å². The molecule has 1 fully saturated rings. The Bertz CT molecular complexity index is 444. The third-order valence-electron chi connectivity index (χ3n) is 3.57. The maximum Gasteiger partial charge on any atom is 0.419 e. The van der Waals surface area contributed by atoms with Crippen LogP contribution in [0.15, 0.2) is 18.2 Å². The number of benzene rings is 1. The van der Waals surface area contributed by atoms with Crippen LogP contribution in [0.5, 0.6) is 0 Å². The van der Waals surface area contributed by atoms with Crippen molar-refractivity contribution < 1.29 is 17.6 Å². The lowest BCUT2D eigenvalue weighted by atomic mass is 9.86. The Morgan fingerprint density at radius 1 is 1.20 bits per heavy atom. The molecule has 0 aliphatic carbocycles. The van der Waals surface area contributed by atoms with E-state index in [0.717, 1.165) is 38.1 Å². The summed E-state index contributed by atoms with van der Waals surface area (Å²) in [5.74, 6) is -1.12. The van der Waals surface area contributed by atoms with Gasteiger partial charge in [-0.05, 0) is 49.5 Å². The maximum absolute atomic E-state index is 13.2. The fourth-order valence-corrected chi connectivity index (χ4v) is 2.44. The van der Waals surface area contributed by atoms with Crippen LogP contribution in [-0.2, 0) is 6.18 Å². The van der Waals surface area contributed by atoms with Crippen LogP contribution in [-0.4, -0.2) is 13.1 Å². The van der Waals surface area contributed by atoms with Crippen molar-refractivity contribution in [2.45, 2.75) is 25.1 Å². The predicted octanol–water partition coefficient (Wildman–Crippen LogP) is 3.27. The van der Waals surface area contributed by atoms with E-state index in [1.807, 2.05) is 0 Å². The van der Waals surface area contributed by atoms with Gasteiger partial charge in [-0.2, -0.15) is 13.2 Å². The average Bonchev–Trinajstić information content (AvgIpc) is 2.38. The molecule has 0 spiro atoms. The second kappa shape index (κ2) is 6.74. The van der Waals surface area contributed by atoms with Crippen molar-refractivity contribution in [1.29, 1.82) is 0 Å². The molecule has 1 aliphatic rings. The number of hydrogen-bond acceptors (Lipinski definition) is 2. The normalized spacial score (nSPS) is 18.4. The molecule has 114 valence electrons. The van der Waals surface area contributed by atoms with Crippen LogP contribution in [0.1, 0.15) is 30.0 Å². The molecule has 0 aromatic heterocycles. The molecule has 7 heteroatoms. The van der Waals surface area contributed by atoms with Crippen LogP contribution in [0.2, 0.25) is 0 Å². The lowest BCUT2D eigenvalue weighted by Gasteiger charge is -2.28. The number of piperidine rings is 1. The molecular formula is C13H17ClF4N2. The Morgan fingerprint density at radius 2 is 1.80 bits per heavy atom. The Labute approximate surface area is 121 Å². The molecule has 3 N–H and O–H groups in total. The monoisotopic (exact) mass is 312 g/mol. The molecule has 1 atom stereocenters. The molecule has 1 heterocycles. The third-order valence-corrected chi connectivity index (χ3v) is 3.57. The lowest BCUT2D eigenvalue weighted by Crippen LogP contribution is -2.33. The van der Waals surface area contributed by atoms with Gasteiger partial charge in [0.2, 0.25) is 0 Å². The van der Waals surface area contributed by atoms with E-state index in [1.165, 1.54) is 6.07 Å². The van der Waals surface area contributed by atoms with Crippen LogP contribution in [0.25, 0.3) is 0 Å². The van der Waals surface area contributed by atoms with E-state index in [1.54, 1.807) is 0 Å². The van der Waals surface area contributed by atoms with Crippen molar-refractivity contribution in [1.82, 2.24) is 5.32 Å². The standard InChI is InChI=1S/C13H16F4N2.ClH/c14-11-2-1-9(7-10(11)13(15,16)17)12(18)8-3-5-19-6-4-8;/h1-2,7-8,12,19H,3-6,18H2;1H/t12-;/m1./s1. The number of hydrogen-bond donors (Lipinski definition) is 2. The van der Waals surface area contributed by atoms with E-state index in [4.69, 9.17) is 5.73 Å². The van der Waals surface area contributed by atoms with Crippen molar-refractivity contribution in [3.63, 3.8) is 0 Å². The number of halogens is 5. The SMILES string of the molecule is Cl.N[C@@H](c1ccc(F)c(C(F)(F)F)c1)C1CCNCC1. The molecule has 0 bridgehead atoms. The van der Waals surface area contributed by atoms with Crippen LogP contribution in [0.4, 0.5) is 17.6 Å². The molecule has 2 nitrogen and oxygen atoms in total. The van der Waals surface area contributed by atoms with Crippen LogP contribution >= 0.6 is 12.4 Å². The molecule has 20 heavy (non-hydrogen) atoms. The van der Waals surface area contributed by atoms with Crippen LogP contribution in [0, 0.1) is 11.7 Å². The van der Waals surface area contributed by atoms with Crippen LogP contribution < -0.4 is 11.1 Å². The second-order valence-corrected chi connectivity index (χ2v) is 4.85. The Morgan fingerprint density at radius 3 is 2.35 bits per heavy atom. The van der Waals surface area contributed by atoms with E-state index in [9.17, 15) is 17.6 Å². The minimum absolute atomic E-state index is 0. The summed E-state index contributed by atoms with van der Waals surface area (Å²) < 4.78 is 51.1. The molecule has 1 aromatic rings. The van der Waals surface area contributed by atoms with Crippen molar-refractivity contribution in [3.05, 3.63) is 35.1 Å². The highest BCUT2D eigenvalue weighted by Gasteiger charge is 2.35. The van der Waals surface area contributed by atoms with Gasteiger partial charge < -0.3 is 11.1 Å². The lowest BCUT2D eigenvalue weighted by molar-refractivity contribution is -0.140. The van der Waals surface area contributed by atoms with Crippen molar-refractivity contribution in [2.75, 3.05) is 13.1 Å². The minimum atomic E-state index is -4.69. The zero-order chi connectivity index (χ0) is 14.0. The molecule has 0 saturated carbocycles. The summed E-state index contributed by atoms with van der Waals surface area (Å²) in [4.78, 5) is 0. The maximum atomic E-state index is 13.2. The first kappa shape index (κ1) is 17.2. The Kier molecular flexibility index (Phi) is 5.79.